The lowest BCUT2D eigenvalue weighted by molar-refractivity contribution is -0.122. The fourth-order valence-electron chi connectivity index (χ4n) is 4.13. The van der Waals surface area contributed by atoms with E-state index < -0.39 is 11.7 Å². The number of likely N-dealkylation sites (tertiary alicyclic amines) is 1. The number of allylic oxidation sites excluding steroid dienone is 2. The molecule has 1 amide bonds. The predicted molar refractivity (Wildman–Crippen MR) is 113 cm³/mol. The Bertz CT molecular complexity index is 793. The molecule has 5 rings (SSSR count). The van der Waals surface area contributed by atoms with Crippen LogP contribution in [0.2, 0.25) is 0 Å². The number of carbonyl (C=O) groups excluding carboxylic acids is 1. The van der Waals surface area contributed by atoms with Crippen molar-refractivity contribution >= 4 is 29.2 Å². The minimum atomic E-state index is -0.920. The lowest BCUT2D eigenvalue weighted by atomic mass is 9.94. The number of carbonyl (C=O) groups is 1. The van der Waals surface area contributed by atoms with Crippen LogP contribution in [0.25, 0.3) is 0 Å². The SMILES string of the molecule is O=C1NC(CSC2CCN(C3COC3)CC2)=NC2=CC(=NCC3CC3)C=C(F)C12. The summed E-state index contributed by atoms with van der Waals surface area (Å²) in [5.74, 6) is 0.218. The van der Waals surface area contributed by atoms with E-state index in [0.717, 1.165) is 45.7 Å². The molecular weight excluding hydrogens is 391 g/mol. The van der Waals surface area contributed by atoms with Crippen LogP contribution in [0.3, 0.4) is 0 Å². The van der Waals surface area contributed by atoms with Crippen LogP contribution in [0.15, 0.2) is 33.7 Å². The zero-order chi connectivity index (χ0) is 19.8. The van der Waals surface area contributed by atoms with Crippen molar-refractivity contribution in [1.29, 1.82) is 0 Å². The lowest BCUT2D eigenvalue weighted by Gasteiger charge is -2.41. The van der Waals surface area contributed by atoms with Crippen molar-refractivity contribution in [3.05, 3.63) is 23.7 Å². The Balaban J connectivity index is 1.19. The highest BCUT2D eigenvalue weighted by atomic mass is 32.2. The number of amides is 1. The number of aliphatic imine (C=N–C) groups is 2. The van der Waals surface area contributed by atoms with Gasteiger partial charge in [0, 0.05) is 11.8 Å². The molecule has 1 saturated carbocycles. The molecular formula is C21H27FN4O2S. The maximum Gasteiger partial charge on any atom is 0.241 e. The lowest BCUT2D eigenvalue weighted by Crippen LogP contribution is -2.52. The third-order valence-corrected chi connectivity index (χ3v) is 7.63. The summed E-state index contributed by atoms with van der Waals surface area (Å²) in [5, 5.41) is 3.37. The first kappa shape index (κ1) is 19.5. The first-order valence-corrected chi connectivity index (χ1v) is 11.7. The van der Waals surface area contributed by atoms with Crippen LogP contribution in [-0.2, 0) is 9.53 Å². The van der Waals surface area contributed by atoms with Crippen LogP contribution in [0, 0.1) is 11.8 Å². The molecule has 6 nitrogen and oxygen atoms in total. The van der Waals surface area contributed by atoms with Gasteiger partial charge in [-0.05, 0) is 56.8 Å². The van der Waals surface area contributed by atoms with Gasteiger partial charge in [-0.3, -0.25) is 14.7 Å². The minimum Gasteiger partial charge on any atom is -0.378 e. The molecule has 0 spiro atoms. The van der Waals surface area contributed by atoms with Crippen molar-refractivity contribution in [1.82, 2.24) is 10.2 Å². The Labute approximate surface area is 174 Å². The molecule has 1 atom stereocenters. The standard InChI is InChI=1S/C21H27FN4O2S/c22-17-7-14(23-9-13-1-2-13)8-18-20(17)21(27)25-19(24-18)12-29-16-3-5-26(6-4-16)15-10-28-11-15/h7-8,13,15-16,20H,1-6,9-12H2,(H,24,25,27). The van der Waals surface area contributed by atoms with Gasteiger partial charge in [-0.1, -0.05) is 0 Å². The number of ether oxygens (including phenoxy) is 1. The van der Waals surface area contributed by atoms with E-state index in [4.69, 9.17) is 4.74 Å². The molecule has 2 aliphatic carbocycles. The number of nitrogens with one attached hydrogen (secondary N) is 1. The molecule has 1 N–H and O–H groups in total. The molecule has 0 aromatic rings. The van der Waals surface area contributed by atoms with Gasteiger partial charge in [-0.2, -0.15) is 11.8 Å². The second kappa shape index (κ2) is 8.32. The summed E-state index contributed by atoms with van der Waals surface area (Å²) >= 11 is 1.84. The summed E-state index contributed by atoms with van der Waals surface area (Å²) in [6.45, 7) is 4.68. The highest BCUT2D eigenvalue weighted by Gasteiger charge is 2.36. The highest BCUT2D eigenvalue weighted by molar-refractivity contribution is 8.00. The summed E-state index contributed by atoms with van der Waals surface area (Å²) in [7, 11) is 0. The Kier molecular flexibility index (Phi) is 5.58. The monoisotopic (exact) mass is 418 g/mol. The van der Waals surface area contributed by atoms with Crippen LogP contribution in [0.4, 0.5) is 4.39 Å². The second-order valence-electron chi connectivity index (χ2n) is 8.53. The van der Waals surface area contributed by atoms with E-state index >= 15 is 0 Å². The molecule has 0 radical (unpaired) electrons. The van der Waals surface area contributed by atoms with Crippen LogP contribution >= 0.6 is 11.8 Å². The summed E-state index contributed by atoms with van der Waals surface area (Å²) in [6, 6.07) is 0.608. The van der Waals surface area contributed by atoms with Crippen molar-refractivity contribution in [2.24, 2.45) is 21.8 Å². The molecule has 3 fully saturated rings. The topological polar surface area (TPSA) is 66.3 Å². The smallest absolute Gasteiger partial charge is 0.241 e. The average molecular weight is 419 g/mol. The van der Waals surface area contributed by atoms with E-state index in [1.165, 1.54) is 18.9 Å². The molecule has 3 heterocycles. The van der Waals surface area contributed by atoms with Gasteiger partial charge in [0.05, 0.1) is 36.4 Å². The first-order valence-electron chi connectivity index (χ1n) is 10.6. The van der Waals surface area contributed by atoms with Crippen molar-refractivity contribution in [3.63, 3.8) is 0 Å². The molecule has 3 aliphatic heterocycles. The number of hydrogen-bond acceptors (Lipinski definition) is 6. The maximum absolute atomic E-state index is 14.5. The summed E-state index contributed by atoms with van der Waals surface area (Å²) in [5.41, 5.74) is 1.08. The summed E-state index contributed by atoms with van der Waals surface area (Å²) in [6.07, 6.45) is 7.85. The van der Waals surface area contributed by atoms with Crippen LogP contribution in [0.1, 0.15) is 25.7 Å². The number of hydrogen-bond donors (Lipinski definition) is 1. The third-order valence-electron chi connectivity index (χ3n) is 6.25. The average Bonchev–Trinajstić information content (AvgIpc) is 3.48. The Morgan fingerprint density at radius 3 is 2.72 bits per heavy atom. The fraction of sp³-hybridized carbons (Fsp3) is 0.667. The van der Waals surface area contributed by atoms with E-state index in [-0.39, 0.29) is 5.91 Å². The zero-order valence-corrected chi connectivity index (χ0v) is 17.3. The number of thioether (sulfide) groups is 1. The van der Waals surface area contributed by atoms with Crippen molar-refractivity contribution in [2.75, 3.05) is 38.6 Å². The Morgan fingerprint density at radius 1 is 1.24 bits per heavy atom. The molecule has 156 valence electrons. The van der Waals surface area contributed by atoms with Crippen LogP contribution in [-0.4, -0.2) is 72.2 Å². The Morgan fingerprint density at radius 2 is 2.03 bits per heavy atom. The van der Waals surface area contributed by atoms with Gasteiger partial charge in [0.1, 0.15) is 17.6 Å². The molecule has 0 bridgehead atoms. The van der Waals surface area contributed by atoms with Crippen LogP contribution in [0.5, 0.6) is 0 Å². The van der Waals surface area contributed by atoms with E-state index in [0.29, 0.717) is 40.2 Å². The normalized spacial score (nSPS) is 30.2. The van der Waals surface area contributed by atoms with Gasteiger partial charge >= 0.3 is 0 Å². The number of halogens is 1. The Hall–Kier alpha value is -1.51. The van der Waals surface area contributed by atoms with Crippen molar-refractivity contribution < 1.29 is 13.9 Å². The first-order chi connectivity index (χ1) is 14.2. The van der Waals surface area contributed by atoms with Gasteiger partial charge in [0.2, 0.25) is 5.91 Å². The van der Waals surface area contributed by atoms with Gasteiger partial charge in [-0.25, -0.2) is 9.38 Å². The van der Waals surface area contributed by atoms with Crippen LogP contribution < -0.4 is 5.32 Å². The molecule has 2 saturated heterocycles. The molecule has 0 aromatic heterocycles. The maximum atomic E-state index is 14.5. The van der Waals surface area contributed by atoms with E-state index in [2.05, 4.69) is 20.2 Å². The van der Waals surface area contributed by atoms with Crippen molar-refractivity contribution in [3.8, 4) is 0 Å². The third kappa shape index (κ3) is 4.49. The number of nitrogens with zero attached hydrogens (tertiary/aromatic N) is 3. The van der Waals surface area contributed by atoms with Gasteiger partial charge in [0.15, 0.2) is 0 Å². The summed E-state index contributed by atoms with van der Waals surface area (Å²) < 4.78 is 19.8. The van der Waals surface area contributed by atoms with Crippen molar-refractivity contribution in [2.45, 2.75) is 37.0 Å². The van der Waals surface area contributed by atoms with Gasteiger partial charge in [-0.15, -0.1) is 0 Å². The van der Waals surface area contributed by atoms with E-state index in [1.807, 2.05) is 11.8 Å². The van der Waals surface area contributed by atoms with Gasteiger partial charge in [0.25, 0.3) is 0 Å². The fourth-order valence-corrected chi connectivity index (χ4v) is 5.20. The van der Waals surface area contributed by atoms with Gasteiger partial charge < -0.3 is 10.1 Å². The zero-order valence-electron chi connectivity index (χ0n) is 16.5. The summed E-state index contributed by atoms with van der Waals surface area (Å²) in [4.78, 5) is 24.1. The highest BCUT2D eigenvalue weighted by Crippen LogP contribution is 2.32. The van der Waals surface area contributed by atoms with E-state index in [9.17, 15) is 9.18 Å². The minimum absolute atomic E-state index is 0.323. The molecule has 8 heteroatoms. The predicted octanol–water partition coefficient (Wildman–Crippen LogP) is 2.33. The number of amidine groups is 1. The second-order valence-corrected chi connectivity index (χ2v) is 9.81. The molecule has 1 unspecified atom stereocenters. The quantitative estimate of drug-likeness (QED) is 0.719. The largest absolute Gasteiger partial charge is 0.378 e. The number of rotatable bonds is 6. The molecule has 5 aliphatic rings. The molecule has 29 heavy (non-hydrogen) atoms. The number of piperidine rings is 1. The number of fused-ring (bicyclic) bond motifs is 1. The van der Waals surface area contributed by atoms with E-state index in [1.54, 1.807) is 6.08 Å². The molecule has 0 aromatic carbocycles.